The largest absolute Gasteiger partial charge is 0.444 e. The fourth-order valence-corrected chi connectivity index (χ4v) is 2.96. The Balaban J connectivity index is 2.09. The van der Waals surface area contributed by atoms with Crippen LogP contribution in [0.2, 0.25) is 5.15 Å². The van der Waals surface area contributed by atoms with Gasteiger partial charge in [-0.15, -0.1) is 0 Å². The van der Waals surface area contributed by atoms with E-state index >= 15 is 0 Å². The third kappa shape index (κ3) is 7.60. The molecule has 2 amide bonds. The van der Waals surface area contributed by atoms with Gasteiger partial charge in [0.05, 0.1) is 0 Å². The summed E-state index contributed by atoms with van der Waals surface area (Å²) < 4.78 is 5.30. The number of alkyl carbamates (subject to hydrolysis) is 1. The van der Waals surface area contributed by atoms with Gasteiger partial charge >= 0.3 is 6.09 Å². The first-order chi connectivity index (χ1) is 14.5. The van der Waals surface area contributed by atoms with E-state index in [-0.39, 0.29) is 34.9 Å². The number of halogens is 1. The van der Waals surface area contributed by atoms with Crippen LogP contribution in [0.1, 0.15) is 42.4 Å². The highest BCUT2D eigenvalue weighted by atomic mass is 35.5. The van der Waals surface area contributed by atoms with Gasteiger partial charge in [-0.05, 0) is 51.2 Å². The van der Waals surface area contributed by atoms with Crippen molar-refractivity contribution in [3.8, 4) is 0 Å². The van der Waals surface area contributed by atoms with Crippen LogP contribution in [-0.4, -0.2) is 40.7 Å². The van der Waals surface area contributed by atoms with Crippen LogP contribution in [0.15, 0.2) is 24.3 Å². The number of rotatable bonds is 7. The molecule has 6 N–H and O–H groups in total. The summed E-state index contributed by atoms with van der Waals surface area (Å²) in [6.45, 7) is 7.95. The lowest BCUT2D eigenvalue weighted by molar-refractivity contribution is 0.0519. The molecular formula is C21H29ClN6O3. The molecule has 1 unspecified atom stereocenters. The normalized spacial score (nSPS) is 12.2. The van der Waals surface area contributed by atoms with Crippen molar-refractivity contribution in [1.29, 1.82) is 0 Å². The molecule has 1 atom stereocenters. The number of anilines is 2. The Labute approximate surface area is 186 Å². The average Bonchev–Trinajstić information content (AvgIpc) is 2.66. The Morgan fingerprint density at radius 3 is 2.39 bits per heavy atom. The molecule has 0 fully saturated rings. The predicted octanol–water partition coefficient (Wildman–Crippen LogP) is 2.72. The molecule has 1 heterocycles. The number of aromatic nitrogens is 2. The number of carbonyl (C=O) groups excluding carboxylic acids is 2. The molecule has 0 radical (unpaired) electrons. The fourth-order valence-electron chi connectivity index (χ4n) is 2.84. The van der Waals surface area contributed by atoms with Crippen molar-refractivity contribution in [2.45, 2.75) is 39.7 Å². The lowest BCUT2D eigenvalue weighted by Crippen LogP contribution is -2.40. The molecule has 168 valence electrons. The van der Waals surface area contributed by atoms with E-state index in [0.29, 0.717) is 13.0 Å². The summed E-state index contributed by atoms with van der Waals surface area (Å²) in [5.41, 5.74) is 12.8. The molecule has 9 nitrogen and oxygen atoms in total. The number of nitrogens with two attached hydrogens (primary N) is 2. The standard InChI is InChI=1S/C21H29ClN6O3/c1-12-7-5-6-8-14(12)9-13(11-26-20(30)31-21(2,3)4)10-25-19(29)15-17(23)28-18(24)16(22)27-15/h5-8,13H,9-11H2,1-4H3,(H,25,29)(H,26,30)(H4,23,24,28). The molecule has 0 aliphatic heterocycles. The third-order valence-electron chi connectivity index (χ3n) is 4.38. The van der Waals surface area contributed by atoms with Gasteiger partial charge in [-0.25, -0.2) is 14.8 Å². The number of hydrogen-bond acceptors (Lipinski definition) is 7. The van der Waals surface area contributed by atoms with Crippen LogP contribution in [-0.2, 0) is 11.2 Å². The number of hydrogen-bond donors (Lipinski definition) is 4. The maximum Gasteiger partial charge on any atom is 0.407 e. The van der Waals surface area contributed by atoms with Gasteiger partial charge in [-0.2, -0.15) is 0 Å². The average molecular weight is 449 g/mol. The van der Waals surface area contributed by atoms with Gasteiger partial charge in [0, 0.05) is 13.1 Å². The molecule has 31 heavy (non-hydrogen) atoms. The van der Waals surface area contributed by atoms with E-state index in [2.05, 4.69) is 20.6 Å². The van der Waals surface area contributed by atoms with Gasteiger partial charge in [-0.3, -0.25) is 4.79 Å². The highest BCUT2D eigenvalue weighted by molar-refractivity contribution is 6.31. The van der Waals surface area contributed by atoms with Crippen LogP contribution in [0, 0.1) is 12.8 Å². The summed E-state index contributed by atoms with van der Waals surface area (Å²) in [4.78, 5) is 32.4. The first-order valence-electron chi connectivity index (χ1n) is 9.84. The zero-order chi connectivity index (χ0) is 23.2. The SMILES string of the molecule is Cc1ccccc1CC(CNC(=O)OC(C)(C)C)CNC(=O)c1nc(Cl)c(N)nc1N. The fraction of sp³-hybridized carbons (Fsp3) is 0.429. The second kappa shape index (κ2) is 10.3. The van der Waals surface area contributed by atoms with E-state index in [9.17, 15) is 9.59 Å². The van der Waals surface area contributed by atoms with Crippen molar-refractivity contribution in [3.63, 3.8) is 0 Å². The van der Waals surface area contributed by atoms with Gasteiger partial charge in [0.15, 0.2) is 22.5 Å². The summed E-state index contributed by atoms with van der Waals surface area (Å²) in [5, 5.41) is 5.46. The molecule has 2 aromatic rings. The molecule has 0 aliphatic carbocycles. The number of nitrogens with one attached hydrogen (secondary N) is 2. The van der Waals surface area contributed by atoms with Crippen molar-refractivity contribution in [2.24, 2.45) is 5.92 Å². The van der Waals surface area contributed by atoms with Crippen molar-refractivity contribution >= 4 is 35.2 Å². The zero-order valence-electron chi connectivity index (χ0n) is 18.2. The minimum absolute atomic E-state index is 0.0466. The van der Waals surface area contributed by atoms with Gasteiger partial charge in [0.1, 0.15) is 5.60 Å². The van der Waals surface area contributed by atoms with Crippen molar-refractivity contribution < 1.29 is 14.3 Å². The van der Waals surface area contributed by atoms with Gasteiger partial charge in [-0.1, -0.05) is 35.9 Å². The smallest absolute Gasteiger partial charge is 0.407 e. The highest BCUT2D eigenvalue weighted by Crippen LogP contribution is 2.18. The first-order valence-corrected chi connectivity index (χ1v) is 10.2. The summed E-state index contributed by atoms with van der Waals surface area (Å²) in [6.07, 6.45) is 0.112. The Morgan fingerprint density at radius 1 is 1.10 bits per heavy atom. The van der Waals surface area contributed by atoms with Crippen LogP contribution in [0.25, 0.3) is 0 Å². The van der Waals surface area contributed by atoms with E-state index in [1.807, 2.05) is 31.2 Å². The number of nitrogen functional groups attached to an aromatic ring is 2. The van der Waals surface area contributed by atoms with E-state index in [1.165, 1.54) is 0 Å². The topological polar surface area (TPSA) is 145 Å². The van der Waals surface area contributed by atoms with Crippen molar-refractivity contribution in [1.82, 2.24) is 20.6 Å². The quantitative estimate of drug-likeness (QED) is 0.509. The second-order valence-corrected chi connectivity index (χ2v) is 8.58. The number of amides is 2. The summed E-state index contributed by atoms with van der Waals surface area (Å²) in [5.74, 6) is -0.800. The number of aryl methyl sites for hydroxylation is 1. The molecule has 0 spiro atoms. The van der Waals surface area contributed by atoms with Crippen LogP contribution in [0.5, 0.6) is 0 Å². The molecule has 0 saturated carbocycles. The number of ether oxygens (including phenoxy) is 1. The summed E-state index contributed by atoms with van der Waals surface area (Å²) >= 11 is 5.86. The van der Waals surface area contributed by atoms with Crippen LogP contribution < -0.4 is 22.1 Å². The van der Waals surface area contributed by atoms with E-state index in [1.54, 1.807) is 20.8 Å². The Morgan fingerprint density at radius 2 is 1.74 bits per heavy atom. The molecule has 2 rings (SSSR count). The Bertz CT molecular complexity index is 945. The van der Waals surface area contributed by atoms with E-state index < -0.39 is 17.6 Å². The molecule has 1 aromatic heterocycles. The molecule has 0 bridgehead atoms. The maximum atomic E-state index is 12.6. The molecule has 1 aromatic carbocycles. The highest BCUT2D eigenvalue weighted by Gasteiger charge is 2.20. The summed E-state index contributed by atoms with van der Waals surface area (Å²) in [7, 11) is 0. The minimum Gasteiger partial charge on any atom is -0.444 e. The number of benzene rings is 1. The molecule has 10 heteroatoms. The monoisotopic (exact) mass is 448 g/mol. The first kappa shape index (κ1) is 24.2. The minimum atomic E-state index is -0.603. The van der Waals surface area contributed by atoms with Crippen LogP contribution in [0.3, 0.4) is 0 Å². The number of nitrogens with zero attached hydrogens (tertiary/aromatic N) is 2. The lowest BCUT2D eigenvalue weighted by atomic mass is 9.96. The molecule has 0 aliphatic rings. The van der Waals surface area contributed by atoms with Gasteiger partial charge in [0.2, 0.25) is 0 Å². The van der Waals surface area contributed by atoms with Crippen LogP contribution in [0.4, 0.5) is 16.4 Å². The van der Waals surface area contributed by atoms with Gasteiger partial charge < -0.3 is 26.8 Å². The van der Waals surface area contributed by atoms with Crippen molar-refractivity contribution in [3.05, 3.63) is 46.2 Å². The van der Waals surface area contributed by atoms with Crippen LogP contribution >= 0.6 is 11.6 Å². The molecule has 0 saturated heterocycles. The third-order valence-corrected chi connectivity index (χ3v) is 4.65. The van der Waals surface area contributed by atoms with E-state index in [0.717, 1.165) is 11.1 Å². The second-order valence-electron chi connectivity index (χ2n) is 8.22. The Hall–Kier alpha value is -3.07. The van der Waals surface area contributed by atoms with Gasteiger partial charge in [0.25, 0.3) is 5.91 Å². The van der Waals surface area contributed by atoms with E-state index in [4.69, 9.17) is 27.8 Å². The maximum absolute atomic E-state index is 12.6. The Kier molecular flexibility index (Phi) is 8.04. The lowest BCUT2D eigenvalue weighted by Gasteiger charge is -2.23. The van der Waals surface area contributed by atoms with Crippen molar-refractivity contribution in [2.75, 3.05) is 24.6 Å². The molecular weight excluding hydrogens is 420 g/mol. The number of carbonyl (C=O) groups is 2. The summed E-state index contributed by atoms with van der Waals surface area (Å²) in [6, 6.07) is 7.94. The zero-order valence-corrected chi connectivity index (χ0v) is 18.9. The predicted molar refractivity (Wildman–Crippen MR) is 121 cm³/mol.